The van der Waals surface area contributed by atoms with E-state index in [2.05, 4.69) is 41.1 Å². The van der Waals surface area contributed by atoms with E-state index in [0.29, 0.717) is 16.1 Å². The highest BCUT2D eigenvalue weighted by Gasteiger charge is 2.22. The van der Waals surface area contributed by atoms with E-state index in [9.17, 15) is 9.59 Å². The molecule has 3 aromatic rings. The number of carbonyl (C=O) groups excluding carboxylic acids is 1. The summed E-state index contributed by atoms with van der Waals surface area (Å²) >= 11 is 1.36. The topological polar surface area (TPSA) is 58.4 Å². The van der Waals surface area contributed by atoms with Crippen molar-refractivity contribution in [3.05, 3.63) is 70.0 Å². The second-order valence-corrected chi connectivity index (χ2v) is 9.56. The van der Waals surface area contributed by atoms with Crippen LogP contribution in [0.4, 0.5) is 0 Å². The van der Waals surface area contributed by atoms with Crippen LogP contribution in [0.5, 0.6) is 0 Å². The second kappa shape index (κ2) is 9.88. The standard InChI is InChI=1S/C25H30N4O2S/c1-18(2)29-24(31)21-9-4-5-10-22(21)26-25(29)32-17-23(30)28-13-11-27(12-14-28)16-20-8-6-7-19(3)15-20/h4-10,15,18H,11-14,16-17H2,1-3H3. The van der Waals surface area contributed by atoms with Crippen LogP contribution in [-0.2, 0) is 11.3 Å². The summed E-state index contributed by atoms with van der Waals surface area (Å²) in [6.45, 7) is 10.2. The van der Waals surface area contributed by atoms with Crippen molar-refractivity contribution in [1.29, 1.82) is 0 Å². The van der Waals surface area contributed by atoms with E-state index in [1.54, 1.807) is 10.6 Å². The average molecular weight is 451 g/mol. The number of benzene rings is 2. The number of rotatable bonds is 6. The first-order chi connectivity index (χ1) is 15.4. The van der Waals surface area contributed by atoms with Gasteiger partial charge in [0.2, 0.25) is 5.91 Å². The number of thioether (sulfide) groups is 1. The van der Waals surface area contributed by atoms with Crippen LogP contribution in [0.3, 0.4) is 0 Å². The molecular weight excluding hydrogens is 420 g/mol. The van der Waals surface area contributed by atoms with Gasteiger partial charge < -0.3 is 4.90 Å². The molecule has 4 rings (SSSR count). The summed E-state index contributed by atoms with van der Waals surface area (Å²) in [4.78, 5) is 34.8. The van der Waals surface area contributed by atoms with E-state index in [1.165, 1.54) is 22.9 Å². The highest BCUT2D eigenvalue weighted by Crippen LogP contribution is 2.21. The van der Waals surface area contributed by atoms with Gasteiger partial charge in [0.05, 0.1) is 16.7 Å². The summed E-state index contributed by atoms with van der Waals surface area (Å²) in [6.07, 6.45) is 0. The lowest BCUT2D eigenvalue weighted by Gasteiger charge is -2.34. The normalized spacial score (nSPS) is 14.9. The van der Waals surface area contributed by atoms with Crippen molar-refractivity contribution in [2.24, 2.45) is 0 Å². The molecule has 0 saturated carbocycles. The molecule has 168 valence electrons. The summed E-state index contributed by atoms with van der Waals surface area (Å²) < 4.78 is 1.69. The Labute approximate surface area is 193 Å². The van der Waals surface area contributed by atoms with Crippen LogP contribution >= 0.6 is 11.8 Å². The van der Waals surface area contributed by atoms with Crippen LogP contribution < -0.4 is 5.56 Å². The molecule has 1 amide bonds. The van der Waals surface area contributed by atoms with Crippen molar-refractivity contribution in [3.8, 4) is 0 Å². The first-order valence-electron chi connectivity index (χ1n) is 11.1. The molecule has 0 aliphatic carbocycles. The fourth-order valence-electron chi connectivity index (χ4n) is 4.12. The Kier molecular flexibility index (Phi) is 6.96. The molecule has 1 aromatic heterocycles. The highest BCUT2D eigenvalue weighted by atomic mass is 32.2. The van der Waals surface area contributed by atoms with Gasteiger partial charge in [0.15, 0.2) is 5.16 Å². The largest absolute Gasteiger partial charge is 0.339 e. The minimum absolute atomic E-state index is 0.0256. The minimum atomic E-state index is -0.0506. The number of piperazine rings is 1. The lowest BCUT2D eigenvalue weighted by atomic mass is 10.1. The molecule has 1 fully saturated rings. The van der Waals surface area contributed by atoms with Gasteiger partial charge in [-0.05, 0) is 38.5 Å². The second-order valence-electron chi connectivity index (χ2n) is 8.62. The average Bonchev–Trinajstić information content (AvgIpc) is 2.78. The molecule has 0 unspecified atom stereocenters. The van der Waals surface area contributed by atoms with Crippen LogP contribution in [-0.4, -0.2) is 57.2 Å². The molecule has 0 radical (unpaired) electrons. The minimum Gasteiger partial charge on any atom is -0.339 e. The summed E-state index contributed by atoms with van der Waals surface area (Å²) in [5, 5.41) is 1.22. The predicted molar refractivity (Wildman–Crippen MR) is 130 cm³/mol. The Bertz CT molecular complexity index is 1170. The maximum absolute atomic E-state index is 13.0. The molecule has 0 N–H and O–H groups in total. The van der Waals surface area contributed by atoms with Crippen LogP contribution in [0.25, 0.3) is 10.9 Å². The Balaban J connectivity index is 1.38. The smallest absolute Gasteiger partial charge is 0.262 e. The molecular formula is C25H30N4O2S. The van der Waals surface area contributed by atoms with Crippen molar-refractivity contribution in [3.63, 3.8) is 0 Å². The predicted octanol–water partition coefficient (Wildman–Crippen LogP) is 3.72. The van der Waals surface area contributed by atoms with E-state index < -0.39 is 0 Å². The number of aryl methyl sites for hydroxylation is 1. The first kappa shape index (κ1) is 22.6. The van der Waals surface area contributed by atoms with Gasteiger partial charge in [-0.1, -0.05) is 53.7 Å². The molecule has 6 nitrogen and oxygen atoms in total. The maximum Gasteiger partial charge on any atom is 0.262 e. The van der Waals surface area contributed by atoms with Gasteiger partial charge >= 0.3 is 0 Å². The molecule has 1 saturated heterocycles. The van der Waals surface area contributed by atoms with E-state index in [1.807, 2.05) is 36.9 Å². The summed E-state index contributed by atoms with van der Waals surface area (Å²) in [5.74, 6) is 0.387. The third kappa shape index (κ3) is 5.05. The third-order valence-corrected chi connectivity index (χ3v) is 6.77. The molecule has 0 spiro atoms. The number of hydrogen-bond donors (Lipinski definition) is 0. The number of aromatic nitrogens is 2. The van der Waals surface area contributed by atoms with Gasteiger partial charge in [0, 0.05) is 38.8 Å². The van der Waals surface area contributed by atoms with Gasteiger partial charge in [-0.15, -0.1) is 0 Å². The number of carbonyl (C=O) groups is 1. The lowest BCUT2D eigenvalue weighted by molar-refractivity contribution is -0.130. The molecule has 2 heterocycles. The summed E-state index contributed by atoms with van der Waals surface area (Å²) in [7, 11) is 0. The van der Waals surface area contributed by atoms with Gasteiger partial charge in [0.25, 0.3) is 5.56 Å². The fourth-order valence-corrected chi connectivity index (χ4v) is 5.16. The number of fused-ring (bicyclic) bond motifs is 1. The molecule has 1 aliphatic rings. The Morgan fingerprint density at radius 1 is 1.06 bits per heavy atom. The Morgan fingerprint density at radius 3 is 2.53 bits per heavy atom. The third-order valence-electron chi connectivity index (χ3n) is 5.83. The van der Waals surface area contributed by atoms with Crippen molar-refractivity contribution < 1.29 is 4.79 Å². The summed E-state index contributed by atoms with van der Waals surface area (Å²) in [6, 6.07) is 15.9. The van der Waals surface area contributed by atoms with Gasteiger partial charge in [-0.3, -0.25) is 19.1 Å². The molecule has 0 atom stereocenters. The number of hydrogen-bond acceptors (Lipinski definition) is 5. The molecule has 1 aliphatic heterocycles. The monoisotopic (exact) mass is 450 g/mol. The van der Waals surface area contributed by atoms with Crippen molar-refractivity contribution >= 4 is 28.6 Å². The van der Waals surface area contributed by atoms with Crippen molar-refractivity contribution in [2.75, 3.05) is 31.9 Å². The van der Waals surface area contributed by atoms with Gasteiger partial charge in [-0.25, -0.2) is 4.98 Å². The van der Waals surface area contributed by atoms with Gasteiger partial charge in [0.1, 0.15) is 0 Å². The molecule has 32 heavy (non-hydrogen) atoms. The number of para-hydroxylation sites is 1. The molecule has 2 aromatic carbocycles. The van der Waals surface area contributed by atoms with E-state index >= 15 is 0 Å². The molecule has 7 heteroatoms. The van der Waals surface area contributed by atoms with E-state index in [-0.39, 0.29) is 23.3 Å². The Morgan fingerprint density at radius 2 is 1.81 bits per heavy atom. The van der Waals surface area contributed by atoms with Crippen LogP contribution in [0.15, 0.2) is 58.5 Å². The lowest BCUT2D eigenvalue weighted by Crippen LogP contribution is -2.48. The zero-order valence-corrected chi connectivity index (χ0v) is 19.8. The quantitative estimate of drug-likeness (QED) is 0.423. The van der Waals surface area contributed by atoms with E-state index in [4.69, 9.17) is 0 Å². The zero-order valence-electron chi connectivity index (χ0n) is 19.0. The maximum atomic E-state index is 13.0. The van der Waals surface area contributed by atoms with Crippen LogP contribution in [0.1, 0.15) is 31.0 Å². The van der Waals surface area contributed by atoms with Crippen LogP contribution in [0.2, 0.25) is 0 Å². The fraction of sp³-hybridized carbons (Fsp3) is 0.400. The summed E-state index contributed by atoms with van der Waals surface area (Å²) in [5.41, 5.74) is 3.21. The van der Waals surface area contributed by atoms with Crippen LogP contribution in [0, 0.1) is 6.92 Å². The van der Waals surface area contributed by atoms with Crippen molar-refractivity contribution in [1.82, 2.24) is 19.4 Å². The number of nitrogens with zero attached hydrogens (tertiary/aromatic N) is 4. The SMILES string of the molecule is Cc1cccc(CN2CCN(C(=O)CSc3nc4ccccc4c(=O)n3C(C)C)CC2)c1. The zero-order chi connectivity index (χ0) is 22.7. The first-order valence-corrected chi connectivity index (χ1v) is 12.1. The Hall–Kier alpha value is -2.64. The van der Waals surface area contributed by atoms with Gasteiger partial charge in [-0.2, -0.15) is 0 Å². The van der Waals surface area contributed by atoms with Crippen molar-refractivity contribution in [2.45, 2.75) is 38.5 Å². The molecule has 0 bridgehead atoms. The highest BCUT2D eigenvalue weighted by molar-refractivity contribution is 7.99. The number of amides is 1. The van der Waals surface area contributed by atoms with E-state index in [0.717, 1.165) is 32.7 Å².